The maximum Gasteiger partial charge on any atom is 0.417 e. The summed E-state index contributed by atoms with van der Waals surface area (Å²) in [6.07, 6.45) is -4.34. The van der Waals surface area contributed by atoms with Crippen LogP contribution in [-0.4, -0.2) is 36.8 Å². The van der Waals surface area contributed by atoms with E-state index < -0.39 is 17.6 Å². The van der Waals surface area contributed by atoms with Crippen molar-refractivity contribution >= 4 is 23.0 Å². The van der Waals surface area contributed by atoms with Crippen LogP contribution in [0.4, 0.5) is 18.9 Å². The number of anilines is 1. The molecule has 0 saturated heterocycles. The Morgan fingerprint density at radius 1 is 1.13 bits per heavy atom. The van der Waals surface area contributed by atoms with Gasteiger partial charge in [-0.05, 0) is 69.0 Å². The Balaban J connectivity index is 2.73. The molecule has 38 heavy (non-hydrogen) atoms. The van der Waals surface area contributed by atoms with Gasteiger partial charge in [-0.3, -0.25) is 4.79 Å². The lowest BCUT2D eigenvalue weighted by molar-refractivity contribution is -0.0961. The van der Waals surface area contributed by atoms with Crippen molar-refractivity contribution in [3.05, 3.63) is 76.7 Å². The Morgan fingerprint density at radius 2 is 1.79 bits per heavy atom. The molecule has 0 bridgehead atoms. The van der Waals surface area contributed by atoms with Gasteiger partial charge in [0.15, 0.2) is 5.78 Å². The molecule has 0 radical (unpaired) electrons. The maximum absolute atomic E-state index is 14.2. The molecule has 8 heteroatoms. The van der Waals surface area contributed by atoms with E-state index in [2.05, 4.69) is 16.9 Å². The number of nitrogens with one attached hydrogen (secondary N) is 1. The first kappa shape index (κ1) is 30.7. The van der Waals surface area contributed by atoms with Crippen LogP contribution >= 0.6 is 0 Å². The monoisotopic (exact) mass is 529 g/mol. The molecule has 0 fully saturated rings. The smallest absolute Gasteiger partial charge is 0.417 e. The molecular weight excluding hydrogens is 491 g/mol. The standard InChI is InChI=1S/C30H38F3N3O2/c1-10-18(3)28(34-25-16-15-23(22(7)37)17-20(25)5)35-29(24(11-2)30(31,32)33)38-26-14-12-13-19(4)27(26)21(6)36(8)9/h12-18H,6,10-11H2,1-5,7-9H3,(H,34,35)/b29-24-. The Labute approximate surface area is 224 Å². The predicted octanol–water partition coefficient (Wildman–Crippen LogP) is 8.16. The van der Waals surface area contributed by atoms with E-state index in [-0.39, 0.29) is 23.9 Å². The van der Waals surface area contributed by atoms with Crippen LogP contribution in [0.1, 0.15) is 67.6 Å². The number of allylic oxidation sites excluding steroid dienone is 1. The van der Waals surface area contributed by atoms with E-state index in [1.54, 1.807) is 35.2 Å². The quantitative estimate of drug-likeness (QED) is 0.146. The third kappa shape index (κ3) is 7.49. The van der Waals surface area contributed by atoms with E-state index in [1.165, 1.54) is 13.8 Å². The summed E-state index contributed by atoms with van der Waals surface area (Å²) in [5.74, 6) is -0.222. The minimum atomic E-state index is -4.64. The second-order valence-electron chi connectivity index (χ2n) is 9.54. The predicted molar refractivity (Wildman–Crippen MR) is 150 cm³/mol. The molecule has 1 N–H and O–H groups in total. The van der Waals surface area contributed by atoms with Crippen molar-refractivity contribution in [1.29, 1.82) is 0 Å². The fraction of sp³-hybridized carbons (Fsp3) is 0.400. The summed E-state index contributed by atoms with van der Waals surface area (Å²) < 4.78 is 48.6. The lowest BCUT2D eigenvalue weighted by Crippen LogP contribution is -2.24. The minimum absolute atomic E-state index is 0.0693. The van der Waals surface area contributed by atoms with Gasteiger partial charge in [0, 0.05) is 42.5 Å². The first-order valence-electron chi connectivity index (χ1n) is 12.6. The Kier molecular flexibility index (Phi) is 10.3. The highest BCUT2D eigenvalue weighted by Gasteiger charge is 2.37. The number of aliphatic imine (C=N–C) groups is 1. The number of amidine groups is 1. The van der Waals surface area contributed by atoms with Crippen LogP contribution in [0.15, 0.2) is 59.4 Å². The molecule has 0 aliphatic rings. The van der Waals surface area contributed by atoms with Crippen molar-refractivity contribution in [3.8, 4) is 5.75 Å². The molecule has 0 amide bonds. The lowest BCUT2D eigenvalue weighted by Gasteiger charge is -2.23. The van der Waals surface area contributed by atoms with E-state index in [0.717, 1.165) is 11.1 Å². The average molecular weight is 530 g/mol. The van der Waals surface area contributed by atoms with Crippen LogP contribution in [0.5, 0.6) is 5.75 Å². The number of hydrogen-bond donors (Lipinski definition) is 1. The normalized spacial score (nSPS) is 13.5. The van der Waals surface area contributed by atoms with Crippen molar-refractivity contribution < 1.29 is 22.7 Å². The van der Waals surface area contributed by atoms with Gasteiger partial charge in [0.1, 0.15) is 11.6 Å². The first-order chi connectivity index (χ1) is 17.7. The van der Waals surface area contributed by atoms with Gasteiger partial charge in [-0.1, -0.05) is 39.5 Å². The van der Waals surface area contributed by atoms with Crippen molar-refractivity contribution in [2.45, 2.75) is 60.6 Å². The first-order valence-corrected chi connectivity index (χ1v) is 12.6. The molecule has 0 spiro atoms. The fourth-order valence-electron chi connectivity index (χ4n) is 3.77. The lowest BCUT2D eigenvalue weighted by atomic mass is 10.0. The van der Waals surface area contributed by atoms with Crippen molar-refractivity contribution in [3.63, 3.8) is 0 Å². The highest BCUT2D eigenvalue weighted by atomic mass is 19.4. The van der Waals surface area contributed by atoms with E-state index in [9.17, 15) is 18.0 Å². The number of benzene rings is 2. The second-order valence-corrected chi connectivity index (χ2v) is 9.54. The molecule has 5 nitrogen and oxygen atoms in total. The summed E-state index contributed by atoms with van der Waals surface area (Å²) in [5, 5.41) is 3.21. The molecule has 1 unspecified atom stereocenters. The number of nitrogens with zero attached hydrogens (tertiary/aromatic N) is 2. The molecule has 2 aromatic carbocycles. The number of ether oxygens (including phenoxy) is 1. The van der Waals surface area contributed by atoms with Crippen LogP contribution in [0.2, 0.25) is 0 Å². The van der Waals surface area contributed by atoms with E-state index in [4.69, 9.17) is 4.74 Å². The van der Waals surface area contributed by atoms with Crippen molar-refractivity contribution in [2.24, 2.45) is 10.9 Å². The van der Waals surface area contributed by atoms with Gasteiger partial charge >= 0.3 is 6.18 Å². The molecule has 0 aromatic heterocycles. The number of carbonyl (C=O) groups excluding carboxylic acids is 1. The van der Waals surface area contributed by atoms with E-state index >= 15 is 0 Å². The third-order valence-corrected chi connectivity index (χ3v) is 6.42. The molecule has 206 valence electrons. The third-order valence-electron chi connectivity index (χ3n) is 6.42. The molecule has 0 aliphatic heterocycles. The number of aryl methyl sites for hydroxylation is 2. The number of rotatable bonds is 10. The van der Waals surface area contributed by atoms with Gasteiger partial charge in [0.05, 0.1) is 5.57 Å². The van der Waals surface area contributed by atoms with Gasteiger partial charge in [0.25, 0.3) is 0 Å². The molecular formula is C30H38F3N3O2. The zero-order valence-corrected chi connectivity index (χ0v) is 23.5. The number of Topliss-reactive ketones (excluding diaryl/α,β-unsaturated/α-hetero) is 1. The summed E-state index contributed by atoms with van der Waals surface area (Å²) in [5.41, 5.74) is 3.13. The topological polar surface area (TPSA) is 53.9 Å². The van der Waals surface area contributed by atoms with Crippen molar-refractivity contribution in [2.75, 3.05) is 19.4 Å². The molecule has 0 aliphatic carbocycles. The molecule has 2 rings (SSSR count). The fourth-order valence-corrected chi connectivity index (χ4v) is 3.77. The molecule has 0 saturated carbocycles. The van der Waals surface area contributed by atoms with Gasteiger partial charge in [-0.25, -0.2) is 0 Å². The van der Waals surface area contributed by atoms with E-state index in [1.807, 2.05) is 47.9 Å². The van der Waals surface area contributed by atoms with Gasteiger partial charge in [-0.2, -0.15) is 18.2 Å². The maximum atomic E-state index is 14.2. The number of halogens is 3. The Morgan fingerprint density at radius 3 is 2.29 bits per heavy atom. The Hall–Kier alpha value is -3.55. The Bertz CT molecular complexity index is 1240. The van der Waals surface area contributed by atoms with Gasteiger partial charge in [0.2, 0.25) is 5.88 Å². The van der Waals surface area contributed by atoms with Gasteiger partial charge < -0.3 is 15.0 Å². The number of hydrogen-bond acceptors (Lipinski definition) is 4. The highest BCUT2D eigenvalue weighted by Crippen LogP contribution is 2.36. The van der Waals surface area contributed by atoms with Crippen LogP contribution < -0.4 is 10.1 Å². The number of ketones is 1. The minimum Gasteiger partial charge on any atom is -0.438 e. The van der Waals surface area contributed by atoms with Crippen LogP contribution in [0.25, 0.3) is 5.70 Å². The summed E-state index contributed by atoms with van der Waals surface area (Å²) in [6.45, 7) is 14.5. The number of carbonyl (C=O) groups is 1. The summed E-state index contributed by atoms with van der Waals surface area (Å²) in [7, 11) is 3.62. The molecule has 0 heterocycles. The van der Waals surface area contributed by atoms with Crippen LogP contribution in [0, 0.1) is 19.8 Å². The number of alkyl halides is 3. The average Bonchev–Trinajstić information content (AvgIpc) is 2.83. The molecule has 1 atom stereocenters. The summed E-state index contributed by atoms with van der Waals surface area (Å²) >= 11 is 0. The zero-order chi connectivity index (χ0) is 28.8. The SMILES string of the molecule is C=C(c1c(C)cccc1OC(/N=C(/Nc1ccc(C(C)=O)cc1C)C(C)CC)=C(/CC)C(F)(F)F)N(C)C. The van der Waals surface area contributed by atoms with Crippen molar-refractivity contribution in [1.82, 2.24) is 4.90 Å². The van der Waals surface area contributed by atoms with E-state index in [0.29, 0.717) is 34.8 Å². The highest BCUT2D eigenvalue weighted by molar-refractivity contribution is 5.99. The zero-order valence-electron chi connectivity index (χ0n) is 23.5. The summed E-state index contributed by atoms with van der Waals surface area (Å²) in [4.78, 5) is 18.0. The summed E-state index contributed by atoms with van der Waals surface area (Å²) in [6, 6.07) is 10.4. The van der Waals surface area contributed by atoms with Crippen LogP contribution in [-0.2, 0) is 0 Å². The second kappa shape index (κ2) is 12.8. The molecule has 2 aromatic rings. The van der Waals surface area contributed by atoms with Crippen LogP contribution in [0.3, 0.4) is 0 Å². The largest absolute Gasteiger partial charge is 0.438 e. The van der Waals surface area contributed by atoms with Gasteiger partial charge in [-0.15, -0.1) is 0 Å².